The molecule has 0 saturated heterocycles. The molecule has 0 rings (SSSR count). The summed E-state index contributed by atoms with van der Waals surface area (Å²) in [5.74, 6) is 9.90. The van der Waals surface area contributed by atoms with E-state index in [1.807, 2.05) is 0 Å². The topological polar surface area (TPSA) is 17.1 Å². The van der Waals surface area contributed by atoms with Crippen molar-refractivity contribution in [3.8, 4) is 23.7 Å². The van der Waals surface area contributed by atoms with Crippen molar-refractivity contribution in [2.45, 2.75) is 0 Å². The highest BCUT2D eigenvalue weighted by molar-refractivity contribution is 5.73. The second-order valence-corrected chi connectivity index (χ2v) is 1.23. The van der Waals surface area contributed by atoms with Crippen molar-refractivity contribution >= 4 is 6.29 Å². The number of carbonyl (C=O) groups is 1. The highest BCUT2D eigenvalue weighted by atomic mass is 16.1. The smallest absolute Gasteiger partial charge is 0.193 e. The van der Waals surface area contributed by atoms with Crippen LogP contribution in [0.5, 0.6) is 0 Å². The first-order chi connectivity index (χ1) is 4.91. The van der Waals surface area contributed by atoms with Gasteiger partial charge in [0.2, 0.25) is 0 Å². The Bertz CT molecular complexity index is 222. The van der Waals surface area contributed by atoms with Crippen LogP contribution in [0.3, 0.4) is 0 Å². The van der Waals surface area contributed by atoms with Gasteiger partial charge in [-0.3, -0.25) is 4.79 Å². The molecular weight excluding hydrogens is 124 g/mol. The average molecular weight is 130 g/mol. The van der Waals surface area contributed by atoms with Crippen LogP contribution in [-0.2, 0) is 4.79 Å². The minimum Gasteiger partial charge on any atom is -0.289 e. The summed E-state index contributed by atoms with van der Waals surface area (Å²) >= 11 is 0. The molecule has 0 heterocycles. The van der Waals surface area contributed by atoms with Crippen molar-refractivity contribution in [1.29, 1.82) is 0 Å². The highest BCUT2D eigenvalue weighted by Gasteiger charge is 1.56. The third-order valence-electron chi connectivity index (χ3n) is 0.578. The lowest BCUT2D eigenvalue weighted by Crippen LogP contribution is -1.56. The summed E-state index contributed by atoms with van der Waals surface area (Å²) in [4.78, 5) is 9.63. The fourth-order valence-corrected chi connectivity index (χ4v) is 0.273. The first kappa shape index (κ1) is 8.27. The molecule has 0 saturated carbocycles. The van der Waals surface area contributed by atoms with Gasteiger partial charge in [0.1, 0.15) is 0 Å². The Morgan fingerprint density at radius 1 is 1.00 bits per heavy atom. The van der Waals surface area contributed by atoms with Crippen molar-refractivity contribution in [2.75, 3.05) is 0 Å². The minimum atomic E-state index is 0.533. The molecule has 10 heavy (non-hydrogen) atoms. The first-order valence-corrected chi connectivity index (χ1v) is 2.63. The van der Waals surface area contributed by atoms with Crippen LogP contribution < -0.4 is 0 Å². The summed E-state index contributed by atoms with van der Waals surface area (Å²) in [5.41, 5.74) is 0. The molecule has 0 aromatic rings. The molecule has 0 atom stereocenters. The molecule has 0 unspecified atom stereocenters. The third-order valence-corrected chi connectivity index (χ3v) is 0.578. The van der Waals surface area contributed by atoms with Crippen molar-refractivity contribution in [3.63, 3.8) is 0 Å². The summed E-state index contributed by atoms with van der Waals surface area (Å²) in [5, 5.41) is 0. The molecule has 1 nitrogen and oxygen atoms in total. The number of allylic oxidation sites excluding steroid dienone is 3. The van der Waals surface area contributed by atoms with Crippen molar-refractivity contribution in [1.82, 2.24) is 0 Å². The summed E-state index contributed by atoms with van der Waals surface area (Å²) in [6.45, 7) is 3.39. The first-order valence-electron chi connectivity index (χ1n) is 2.63. The zero-order valence-electron chi connectivity index (χ0n) is 5.42. The summed E-state index contributed by atoms with van der Waals surface area (Å²) < 4.78 is 0. The normalized spacial score (nSPS) is 6.80. The largest absolute Gasteiger partial charge is 0.289 e. The summed E-state index contributed by atoms with van der Waals surface area (Å²) in [6, 6.07) is 0. The maximum absolute atomic E-state index is 9.63. The Morgan fingerprint density at radius 3 is 2.10 bits per heavy atom. The van der Waals surface area contributed by atoms with E-state index in [0.717, 1.165) is 0 Å². The fourth-order valence-electron chi connectivity index (χ4n) is 0.273. The lowest BCUT2D eigenvalue weighted by molar-refractivity contribution is -0.103. The zero-order chi connectivity index (χ0) is 7.66. The minimum absolute atomic E-state index is 0.533. The maximum Gasteiger partial charge on any atom is 0.193 e. The van der Waals surface area contributed by atoms with E-state index in [1.54, 1.807) is 6.08 Å². The molecule has 0 aliphatic heterocycles. The van der Waals surface area contributed by atoms with Gasteiger partial charge in [-0.25, -0.2) is 0 Å². The third kappa shape index (κ3) is 6.27. The lowest BCUT2D eigenvalue weighted by Gasteiger charge is -1.60. The van der Waals surface area contributed by atoms with Gasteiger partial charge in [0.15, 0.2) is 6.29 Å². The number of aldehydes is 1. The molecule has 0 aromatic heterocycles. The van der Waals surface area contributed by atoms with E-state index >= 15 is 0 Å². The van der Waals surface area contributed by atoms with E-state index in [4.69, 9.17) is 0 Å². The van der Waals surface area contributed by atoms with Gasteiger partial charge in [-0.15, -0.1) is 0 Å². The monoisotopic (exact) mass is 130 g/mol. The number of hydrogen-bond donors (Lipinski definition) is 0. The molecule has 0 aliphatic rings. The lowest BCUT2D eigenvalue weighted by atomic mass is 10.4. The van der Waals surface area contributed by atoms with Crippen molar-refractivity contribution in [2.24, 2.45) is 0 Å². The van der Waals surface area contributed by atoms with E-state index in [1.165, 1.54) is 12.2 Å². The van der Waals surface area contributed by atoms with E-state index < -0.39 is 0 Å². The fraction of sp³-hybridized carbons (Fsp3) is 0. The van der Waals surface area contributed by atoms with Gasteiger partial charge in [0, 0.05) is 0 Å². The molecule has 0 aliphatic carbocycles. The zero-order valence-corrected chi connectivity index (χ0v) is 5.42. The molecule has 48 valence electrons. The Kier molecular flexibility index (Phi) is 6.01. The van der Waals surface area contributed by atoms with Crippen LogP contribution in [0.15, 0.2) is 24.8 Å². The molecule has 0 radical (unpaired) electrons. The van der Waals surface area contributed by atoms with Gasteiger partial charge in [0.05, 0.1) is 0 Å². The summed E-state index contributed by atoms with van der Waals surface area (Å²) in [6.07, 6.45) is 5.08. The van der Waals surface area contributed by atoms with Crippen LogP contribution in [-0.4, -0.2) is 6.29 Å². The van der Waals surface area contributed by atoms with Crippen LogP contribution in [0, 0.1) is 23.7 Å². The van der Waals surface area contributed by atoms with Crippen LogP contribution in [0.1, 0.15) is 0 Å². The van der Waals surface area contributed by atoms with Gasteiger partial charge in [-0.2, -0.15) is 0 Å². The molecule has 0 fully saturated rings. The Hall–Kier alpha value is -1.73. The SMILES string of the molecule is C=CC#C/C=C\C#CC=O. The second-order valence-electron chi connectivity index (χ2n) is 1.23. The van der Waals surface area contributed by atoms with Gasteiger partial charge in [-0.05, 0) is 24.1 Å². The molecule has 0 N–H and O–H groups in total. The van der Waals surface area contributed by atoms with E-state index in [9.17, 15) is 4.79 Å². The molecule has 0 bridgehead atoms. The number of hydrogen-bond acceptors (Lipinski definition) is 1. The van der Waals surface area contributed by atoms with Crippen LogP contribution >= 0.6 is 0 Å². The molecule has 0 aromatic carbocycles. The molecule has 0 spiro atoms. The predicted molar refractivity (Wildman–Crippen MR) is 41.0 cm³/mol. The molecule has 0 amide bonds. The molecule has 1 heteroatoms. The summed E-state index contributed by atoms with van der Waals surface area (Å²) in [7, 11) is 0. The standard InChI is InChI=1S/C9H6O/c1-2-3-4-5-6-7-8-9-10/h2,5-6,9H,1H2/b6-5-. The van der Waals surface area contributed by atoms with Gasteiger partial charge >= 0.3 is 0 Å². The Balaban J connectivity index is 3.77. The van der Waals surface area contributed by atoms with Crippen LogP contribution in [0.25, 0.3) is 0 Å². The van der Waals surface area contributed by atoms with Gasteiger partial charge < -0.3 is 0 Å². The van der Waals surface area contributed by atoms with Crippen LogP contribution in [0.2, 0.25) is 0 Å². The van der Waals surface area contributed by atoms with Crippen molar-refractivity contribution < 1.29 is 4.79 Å². The van der Waals surface area contributed by atoms with Crippen molar-refractivity contribution in [3.05, 3.63) is 24.8 Å². The second kappa shape index (κ2) is 7.27. The molecular formula is C9H6O. The Morgan fingerprint density at radius 2 is 1.60 bits per heavy atom. The van der Waals surface area contributed by atoms with Gasteiger partial charge in [-0.1, -0.05) is 24.3 Å². The number of carbonyl (C=O) groups excluding carboxylic acids is 1. The van der Waals surface area contributed by atoms with Gasteiger partial charge in [0.25, 0.3) is 0 Å². The predicted octanol–water partition coefficient (Wildman–Crippen LogP) is 0.934. The van der Waals surface area contributed by atoms with E-state index in [2.05, 4.69) is 30.3 Å². The van der Waals surface area contributed by atoms with E-state index in [0.29, 0.717) is 6.29 Å². The average Bonchev–Trinajstić information content (AvgIpc) is 1.97. The highest BCUT2D eigenvalue weighted by Crippen LogP contribution is 1.65. The van der Waals surface area contributed by atoms with E-state index in [-0.39, 0.29) is 0 Å². The Labute approximate surface area is 60.4 Å². The quantitative estimate of drug-likeness (QED) is 0.352. The maximum atomic E-state index is 9.63. The number of rotatable bonds is 0. The van der Waals surface area contributed by atoms with Crippen LogP contribution in [0.4, 0.5) is 0 Å².